The zero-order valence-corrected chi connectivity index (χ0v) is 8.66. The maximum atomic E-state index is 3.65. The first-order valence-corrected chi connectivity index (χ1v) is 5.91. The predicted molar refractivity (Wildman–Crippen MR) is 57.3 cm³/mol. The molecule has 0 unspecified atom stereocenters. The summed E-state index contributed by atoms with van der Waals surface area (Å²) < 4.78 is 0. The molecule has 0 aromatic heterocycles. The molecule has 0 saturated heterocycles. The molecule has 0 bridgehead atoms. The molecule has 0 radical (unpaired) electrons. The van der Waals surface area contributed by atoms with Crippen LogP contribution in [0.2, 0.25) is 0 Å². The quantitative estimate of drug-likeness (QED) is 0.613. The minimum absolute atomic E-state index is 1.25. The molecule has 0 saturated carbocycles. The fraction of sp³-hybridized carbons (Fsp3) is 0.667. The van der Waals surface area contributed by atoms with E-state index < -0.39 is 0 Å². The highest BCUT2D eigenvalue weighted by Gasteiger charge is 2.23. The average Bonchev–Trinajstić information content (AvgIpc) is 2.26. The van der Waals surface area contributed by atoms with Crippen molar-refractivity contribution >= 4 is 0 Å². The van der Waals surface area contributed by atoms with Gasteiger partial charge in [0.25, 0.3) is 0 Å². The van der Waals surface area contributed by atoms with Gasteiger partial charge in [-0.25, -0.2) is 0 Å². The van der Waals surface area contributed by atoms with Crippen molar-refractivity contribution in [1.82, 2.24) is 10.6 Å². The van der Waals surface area contributed by atoms with Crippen molar-refractivity contribution in [2.75, 3.05) is 0 Å². The monoisotopic (exact) mass is 190 g/mol. The topological polar surface area (TPSA) is 24.1 Å². The van der Waals surface area contributed by atoms with Gasteiger partial charge in [0.1, 0.15) is 0 Å². The normalized spacial score (nSPS) is 26.3. The summed E-state index contributed by atoms with van der Waals surface area (Å²) in [6, 6.07) is 0. The highest BCUT2D eigenvalue weighted by Crippen LogP contribution is 2.31. The van der Waals surface area contributed by atoms with Crippen molar-refractivity contribution in [1.29, 1.82) is 0 Å². The highest BCUT2D eigenvalue weighted by atomic mass is 15.0. The van der Waals surface area contributed by atoms with Crippen molar-refractivity contribution in [2.24, 2.45) is 0 Å². The van der Waals surface area contributed by atoms with Crippen molar-refractivity contribution < 1.29 is 0 Å². The van der Waals surface area contributed by atoms with Crippen LogP contribution >= 0.6 is 0 Å². The molecule has 2 nitrogen and oxygen atoms in total. The molecule has 2 heteroatoms. The van der Waals surface area contributed by atoms with E-state index in [4.69, 9.17) is 0 Å². The van der Waals surface area contributed by atoms with Gasteiger partial charge in [0.2, 0.25) is 0 Å². The molecule has 3 rings (SSSR count). The van der Waals surface area contributed by atoms with Crippen LogP contribution in [0.4, 0.5) is 0 Å². The van der Waals surface area contributed by atoms with E-state index in [1.807, 2.05) is 0 Å². The van der Waals surface area contributed by atoms with E-state index >= 15 is 0 Å². The summed E-state index contributed by atoms with van der Waals surface area (Å²) in [5, 5.41) is 7.31. The Morgan fingerprint density at radius 3 is 1.07 bits per heavy atom. The molecule has 3 aliphatic rings. The molecular weight excluding hydrogens is 172 g/mol. The van der Waals surface area contributed by atoms with Gasteiger partial charge in [0.05, 0.1) is 0 Å². The highest BCUT2D eigenvalue weighted by molar-refractivity contribution is 5.31. The van der Waals surface area contributed by atoms with Gasteiger partial charge in [-0.1, -0.05) is 0 Å². The lowest BCUT2D eigenvalue weighted by atomic mass is 9.94. The Bertz CT molecular complexity index is 252. The first-order chi connectivity index (χ1) is 6.93. The number of allylic oxidation sites excluding steroid dienone is 4. The molecule has 0 spiro atoms. The van der Waals surface area contributed by atoms with Gasteiger partial charge >= 0.3 is 0 Å². The molecule has 0 fully saturated rings. The standard InChI is InChI=1S/C12H18N2/c1-2-6-10-9(5-1)13-11-7-3-4-8-12(11)14-10/h13-14H,1-8H2. The molecule has 0 aromatic carbocycles. The molecule has 1 heterocycles. The van der Waals surface area contributed by atoms with Crippen LogP contribution in [-0.2, 0) is 0 Å². The summed E-state index contributed by atoms with van der Waals surface area (Å²) >= 11 is 0. The lowest BCUT2D eigenvalue weighted by molar-refractivity contribution is 0.531. The van der Waals surface area contributed by atoms with Crippen LogP contribution in [0.25, 0.3) is 0 Å². The molecule has 76 valence electrons. The van der Waals surface area contributed by atoms with Crippen LogP contribution < -0.4 is 10.6 Å². The Morgan fingerprint density at radius 2 is 0.786 bits per heavy atom. The van der Waals surface area contributed by atoms with Gasteiger partial charge in [-0.05, 0) is 51.4 Å². The SMILES string of the molecule is C1CCC2=C(C1)NC1=C(CCCC1)N2. The molecule has 0 atom stereocenters. The molecule has 14 heavy (non-hydrogen) atoms. The molecule has 1 aliphatic heterocycles. The third-order valence-corrected chi connectivity index (χ3v) is 3.54. The summed E-state index contributed by atoms with van der Waals surface area (Å²) in [5.74, 6) is 0. The molecule has 0 aromatic rings. The second kappa shape index (κ2) is 3.34. The zero-order valence-electron chi connectivity index (χ0n) is 8.66. The van der Waals surface area contributed by atoms with Crippen LogP contribution in [0.5, 0.6) is 0 Å². The molecule has 0 amide bonds. The van der Waals surface area contributed by atoms with Crippen molar-refractivity contribution in [2.45, 2.75) is 51.4 Å². The zero-order chi connectivity index (χ0) is 9.38. The Balaban J connectivity index is 1.84. The third-order valence-electron chi connectivity index (χ3n) is 3.54. The summed E-state index contributed by atoms with van der Waals surface area (Å²) in [5.41, 5.74) is 5.93. The van der Waals surface area contributed by atoms with Gasteiger partial charge in [-0.2, -0.15) is 0 Å². The Kier molecular flexibility index (Phi) is 2.00. The van der Waals surface area contributed by atoms with Gasteiger partial charge in [-0.3, -0.25) is 0 Å². The van der Waals surface area contributed by atoms with Crippen LogP contribution in [0.15, 0.2) is 22.8 Å². The van der Waals surface area contributed by atoms with E-state index in [9.17, 15) is 0 Å². The second-order valence-corrected chi connectivity index (χ2v) is 4.58. The first-order valence-electron chi connectivity index (χ1n) is 5.91. The van der Waals surface area contributed by atoms with E-state index in [0.29, 0.717) is 0 Å². The van der Waals surface area contributed by atoms with Crippen molar-refractivity contribution in [3.05, 3.63) is 22.8 Å². The second-order valence-electron chi connectivity index (χ2n) is 4.58. The third kappa shape index (κ3) is 1.33. The van der Waals surface area contributed by atoms with Crippen LogP contribution in [0.1, 0.15) is 51.4 Å². The molecule has 2 aliphatic carbocycles. The number of nitrogens with one attached hydrogen (secondary N) is 2. The van der Waals surface area contributed by atoms with Gasteiger partial charge in [0.15, 0.2) is 0 Å². The Labute approximate surface area is 85.5 Å². The van der Waals surface area contributed by atoms with Crippen molar-refractivity contribution in [3.63, 3.8) is 0 Å². The van der Waals surface area contributed by atoms with E-state index in [1.165, 1.54) is 74.2 Å². The Morgan fingerprint density at radius 1 is 0.500 bits per heavy atom. The maximum Gasteiger partial charge on any atom is 0.0345 e. The minimum atomic E-state index is 1.25. The van der Waals surface area contributed by atoms with E-state index in [1.54, 1.807) is 0 Å². The van der Waals surface area contributed by atoms with Crippen LogP contribution in [0, 0.1) is 0 Å². The van der Waals surface area contributed by atoms with Gasteiger partial charge in [-0.15, -0.1) is 0 Å². The lowest BCUT2D eigenvalue weighted by Gasteiger charge is -2.33. The van der Waals surface area contributed by atoms with Crippen LogP contribution in [0.3, 0.4) is 0 Å². The summed E-state index contributed by atoms with van der Waals surface area (Å²) in [6.07, 6.45) is 10.4. The van der Waals surface area contributed by atoms with E-state index in [0.717, 1.165) is 0 Å². The number of hydrogen-bond donors (Lipinski definition) is 2. The molecule has 2 N–H and O–H groups in total. The minimum Gasteiger partial charge on any atom is -0.359 e. The van der Waals surface area contributed by atoms with E-state index in [-0.39, 0.29) is 0 Å². The smallest absolute Gasteiger partial charge is 0.0345 e. The fourth-order valence-electron chi connectivity index (χ4n) is 2.73. The number of rotatable bonds is 0. The van der Waals surface area contributed by atoms with Crippen molar-refractivity contribution in [3.8, 4) is 0 Å². The van der Waals surface area contributed by atoms with Crippen LogP contribution in [-0.4, -0.2) is 0 Å². The number of hydrogen-bond acceptors (Lipinski definition) is 2. The first kappa shape index (κ1) is 8.39. The average molecular weight is 190 g/mol. The lowest BCUT2D eigenvalue weighted by Crippen LogP contribution is -2.33. The maximum absolute atomic E-state index is 3.65. The van der Waals surface area contributed by atoms with Gasteiger partial charge < -0.3 is 10.6 Å². The van der Waals surface area contributed by atoms with E-state index in [2.05, 4.69) is 10.6 Å². The summed E-state index contributed by atoms with van der Waals surface area (Å²) in [6.45, 7) is 0. The predicted octanol–water partition coefficient (Wildman–Crippen LogP) is 2.75. The fourth-order valence-corrected chi connectivity index (χ4v) is 2.73. The van der Waals surface area contributed by atoms with Gasteiger partial charge in [0, 0.05) is 22.8 Å². The molecular formula is C12H18N2. The Hall–Kier alpha value is -0.920. The largest absolute Gasteiger partial charge is 0.359 e. The summed E-state index contributed by atoms with van der Waals surface area (Å²) in [4.78, 5) is 0. The summed E-state index contributed by atoms with van der Waals surface area (Å²) in [7, 11) is 0.